The molecule has 0 saturated heterocycles. The molecule has 0 saturated carbocycles. The zero-order chi connectivity index (χ0) is 21.8. The first-order valence-corrected chi connectivity index (χ1v) is 11.5. The van der Waals surface area contributed by atoms with E-state index in [-0.39, 0.29) is 13.2 Å². The van der Waals surface area contributed by atoms with Gasteiger partial charge in [-0.2, -0.15) is 0 Å². The second-order valence-electron chi connectivity index (χ2n) is 7.00. The molecule has 6 nitrogen and oxygen atoms in total. The number of amides is 1. The van der Waals surface area contributed by atoms with Crippen LogP contribution in [0.1, 0.15) is 23.6 Å². The topological polar surface area (TPSA) is 75.7 Å². The van der Waals surface area contributed by atoms with Gasteiger partial charge in [0.1, 0.15) is 18.4 Å². The summed E-state index contributed by atoms with van der Waals surface area (Å²) in [6.07, 6.45) is 1.07. The Bertz CT molecular complexity index is 992. The number of carbonyl (C=O) groups is 1. The molecule has 0 heterocycles. The van der Waals surface area contributed by atoms with Gasteiger partial charge in [0.25, 0.3) is 0 Å². The molecule has 158 valence electrons. The zero-order valence-corrected chi connectivity index (χ0v) is 18.9. The molecule has 1 amide bonds. The summed E-state index contributed by atoms with van der Waals surface area (Å²) in [7, 11) is -3.70. The van der Waals surface area contributed by atoms with Crippen molar-refractivity contribution in [3.8, 4) is 5.75 Å². The summed E-state index contributed by atoms with van der Waals surface area (Å²) in [5.74, 6) is 0.346. The number of aryl methyl sites for hydroxylation is 2. The summed E-state index contributed by atoms with van der Waals surface area (Å²) in [4.78, 5) is 12.6. The van der Waals surface area contributed by atoms with Crippen molar-refractivity contribution >= 4 is 33.2 Å². The lowest BCUT2D eigenvalue weighted by Gasteiger charge is -2.29. The Morgan fingerprint density at radius 1 is 1.17 bits per heavy atom. The Morgan fingerprint density at radius 2 is 1.86 bits per heavy atom. The molecule has 2 rings (SSSR count). The van der Waals surface area contributed by atoms with Crippen molar-refractivity contribution in [2.45, 2.75) is 33.7 Å². The molecule has 0 aromatic heterocycles. The number of halogens is 1. The van der Waals surface area contributed by atoms with Crippen LogP contribution in [0.25, 0.3) is 0 Å². The minimum atomic E-state index is -3.70. The standard InChI is InChI=1S/C21H27ClN2O4S/c1-14-7-6-8-20(16(14)3)28-12-11-23-21(25)17(4)24(29(5,26)27)19-13-18(22)10-9-15(19)2/h6-10,13,17H,11-12H2,1-5H3,(H,23,25)/t17-/m1/s1. The number of ether oxygens (including phenoxy) is 1. The third-order valence-electron chi connectivity index (χ3n) is 4.71. The number of nitrogens with zero attached hydrogens (tertiary/aromatic N) is 1. The number of anilines is 1. The minimum Gasteiger partial charge on any atom is -0.491 e. The second-order valence-corrected chi connectivity index (χ2v) is 9.30. The highest BCUT2D eigenvalue weighted by atomic mass is 35.5. The molecule has 1 atom stereocenters. The molecule has 2 aromatic carbocycles. The molecular weight excluding hydrogens is 412 g/mol. The van der Waals surface area contributed by atoms with E-state index in [1.165, 1.54) is 0 Å². The number of hydrogen-bond acceptors (Lipinski definition) is 4. The van der Waals surface area contributed by atoms with Crippen LogP contribution in [0.5, 0.6) is 5.75 Å². The van der Waals surface area contributed by atoms with E-state index in [1.807, 2.05) is 32.0 Å². The van der Waals surface area contributed by atoms with Gasteiger partial charge >= 0.3 is 0 Å². The number of rotatable bonds is 8. The van der Waals surface area contributed by atoms with Crippen LogP contribution in [0.3, 0.4) is 0 Å². The van der Waals surface area contributed by atoms with Crippen LogP contribution in [0.4, 0.5) is 5.69 Å². The average molecular weight is 439 g/mol. The third kappa shape index (κ3) is 5.87. The molecule has 0 unspecified atom stereocenters. The van der Waals surface area contributed by atoms with E-state index >= 15 is 0 Å². The highest BCUT2D eigenvalue weighted by Gasteiger charge is 2.30. The Kier molecular flexibility index (Phi) is 7.54. The van der Waals surface area contributed by atoms with Crippen LogP contribution in [0.2, 0.25) is 5.02 Å². The van der Waals surface area contributed by atoms with Gasteiger partial charge < -0.3 is 10.1 Å². The van der Waals surface area contributed by atoms with Crippen molar-refractivity contribution in [2.75, 3.05) is 23.7 Å². The molecule has 0 aliphatic carbocycles. The number of carbonyl (C=O) groups excluding carboxylic acids is 1. The summed E-state index contributed by atoms with van der Waals surface area (Å²) in [6.45, 7) is 7.82. The quantitative estimate of drug-likeness (QED) is 0.639. The molecule has 0 aliphatic heterocycles. The van der Waals surface area contributed by atoms with E-state index in [1.54, 1.807) is 32.0 Å². The van der Waals surface area contributed by atoms with Gasteiger partial charge in [-0.05, 0) is 62.6 Å². The third-order valence-corrected chi connectivity index (χ3v) is 6.17. The molecule has 0 spiro atoms. The van der Waals surface area contributed by atoms with Crippen molar-refractivity contribution in [1.29, 1.82) is 0 Å². The molecule has 0 bridgehead atoms. The lowest BCUT2D eigenvalue weighted by Crippen LogP contribution is -2.48. The fourth-order valence-corrected chi connectivity index (χ4v) is 4.35. The minimum absolute atomic E-state index is 0.253. The van der Waals surface area contributed by atoms with E-state index in [2.05, 4.69) is 5.32 Å². The SMILES string of the molecule is Cc1ccc(Cl)cc1N([C@H](C)C(=O)NCCOc1cccc(C)c1C)S(C)(=O)=O. The van der Waals surface area contributed by atoms with Gasteiger partial charge in [0, 0.05) is 5.02 Å². The number of nitrogens with one attached hydrogen (secondary N) is 1. The summed E-state index contributed by atoms with van der Waals surface area (Å²) < 4.78 is 31.6. The molecule has 2 aromatic rings. The molecule has 1 N–H and O–H groups in total. The Labute approximate surface area is 177 Å². The average Bonchev–Trinajstić information content (AvgIpc) is 2.63. The van der Waals surface area contributed by atoms with E-state index in [9.17, 15) is 13.2 Å². The molecule has 29 heavy (non-hydrogen) atoms. The van der Waals surface area contributed by atoms with E-state index in [4.69, 9.17) is 16.3 Å². The van der Waals surface area contributed by atoms with E-state index in [0.717, 1.165) is 27.4 Å². The zero-order valence-electron chi connectivity index (χ0n) is 17.3. The van der Waals surface area contributed by atoms with E-state index < -0.39 is 22.0 Å². The van der Waals surface area contributed by atoms with Crippen LogP contribution in [0.15, 0.2) is 36.4 Å². The van der Waals surface area contributed by atoms with Gasteiger partial charge in [-0.25, -0.2) is 8.42 Å². The van der Waals surface area contributed by atoms with Crippen LogP contribution >= 0.6 is 11.6 Å². The Morgan fingerprint density at radius 3 is 2.52 bits per heavy atom. The maximum absolute atomic E-state index is 12.6. The smallest absolute Gasteiger partial charge is 0.243 e. The van der Waals surface area contributed by atoms with Crippen molar-refractivity contribution in [3.63, 3.8) is 0 Å². The summed E-state index contributed by atoms with van der Waals surface area (Å²) in [6, 6.07) is 9.79. The van der Waals surface area contributed by atoms with Gasteiger partial charge in [0.05, 0.1) is 18.5 Å². The number of benzene rings is 2. The van der Waals surface area contributed by atoms with Crippen LogP contribution < -0.4 is 14.4 Å². The number of hydrogen-bond donors (Lipinski definition) is 1. The molecular formula is C21H27ClN2O4S. The van der Waals surface area contributed by atoms with Gasteiger partial charge in [-0.15, -0.1) is 0 Å². The van der Waals surface area contributed by atoms with Gasteiger partial charge in [0.2, 0.25) is 15.9 Å². The molecule has 8 heteroatoms. The number of sulfonamides is 1. The lowest BCUT2D eigenvalue weighted by atomic mass is 10.1. The lowest BCUT2D eigenvalue weighted by molar-refractivity contribution is -0.121. The van der Waals surface area contributed by atoms with Crippen LogP contribution in [-0.4, -0.2) is 39.8 Å². The first-order chi connectivity index (χ1) is 13.5. The largest absolute Gasteiger partial charge is 0.491 e. The molecule has 0 radical (unpaired) electrons. The summed E-state index contributed by atoms with van der Waals surface area (Å²) in [5.41, 5.74) is 3.26. The molecule has 0 fully saturated rings. The van der Waals surface area contributed by atoms with Crippen molar-refractivity contribution in [3.05, 3.63) is 58.1 Å². The van der Waals surface area contributed by atoms with Gasteiger partial charge in [-0.3, -0.25) is 9.10 Å². The second kappa shape index (κ2) is 9.50. The fraction of sp³-hybridized carbons (Fsp3) is 0.381. The predicted octanol–water partition coefficient (Wildman–Crippen LogP) is 3.61. The molecule has 0 aliphatic rings. The summed E-state index contributed by atoms with van der Waals surface area (Å²) >= 11 is 6.04. The fourth-order valence-electron chi connectivity index (χ4n) is 2.96. The van der Waals surface area contributed by atoms with Gasteiger partial charge in [-0.1, -0.05) is 29.8 Å². The van der Waals surface area contributed by atoms with Gasteiger partial charge in [0.15, 0.2) is 0 Å². The van der Waals surface area contributed by atoms with Crippen molar-refractivity contribution in [1.82, 2.24) is 5.32 Å². The van der Waals surface area contributed by atoms with Crippen LogP contribution in [-0.2, 0) is 14.8 Å². The van der Waals surface area contributed by atoms with Crippen LogP contribution in [0, 0.1) is 20.8 Å². The normalized spacial score (nSPS) is 12.3. The first-order valence-electron chi connectivity index (χ1n) is 9.24. The summed E-state index contributed by atoms with van der Waals surface area (Å²) in [5, 5.41) is 3.14. The maximum Gasteiger partial charge on any atom is 0.243 e. The van der Waals surface area contributed by atoms with E-state index in [0.29, 0.717) is 16.3 Å². The monoisotopic (exact) mass is 438 g/mol. The van der Waals surface area contributed by atoms with Crippen molar-refractivity contribution < 1.29 is 17.9 Å². The van der Waals surface area contributed by atoms with Crippen molar-refractivity contribution in [2.24, 2.45) is 0 Å². The first kappa shape index (κ1) is 23.0. The predicted molar refractivity (Wildman–Crippen MR) is 117 cm³/mol. The Hall–Kier alpha value is -2.25. The highest BCUT2D eigenvalue weighted by Crippen LogP contribution is 2.28. The highest BCUT2D eigenvalue weighted by molar-refractivity contribution is 7.92. The maximum atomic E-state index is 12.6. The Balaban J connectivity index is 2.06.